The van der Waals surface area contributed by atoms with Crippen molar-refractivity contribution in [3.63, 3.8) is 0 Å². The third-order valence-electron chi connectivity index (χ3n) is 4.52. The van der Waals surface area contributed by atoms with Crippen molar-refractivity contribution in [2.75, 3.05) is 25.6 Å². The topological polar surface area (TPSA) is 65.1 Å². The standard InChI is InChI=1S/C22H22FNO5S/c1-27-19-10-8-18(9-11-19)24(30(25,26)20-6-4-5-17(23)14-20)15-16-7-12-21(28-2)22(13-16)29-3/h4-14H,15H2,1-3H3. The molecular weight excluding hydrogens is 409 g/mol. The number of hydrogen-bond donors (Lipinski definition) is 0. The van der Waals surface area contributed by atoms with E-state index in [1.54, 1.807) is 42.5 Å². The van der Waals surface area contributed by atoms with Crippen molar-refractivity contribution in [1.29, 1.82) is 0 Å². The molecule has 0 amide bonds. The van der Waals surface area contributed by atoms with Crippen LogP contribution in [0.15, 0.2) is 71.6 Å². The lowest BCUT2D eigenvalue weighted by atomic mass is 10.2. The zero-order valence-electron chi connectivity index (χ0n) is 16.8. The summed E-state index contributed by atoms with van der Waals surface area (Å²) in [5.74, 6) is 0.975. The highest BCUT2D eigenvalue weighted by Crippen LogP contribution is 2.31. The van der Waals surface area contributed by atoms with E-state index in [1.165, 1.54) is 43.8 Å². The zero-order valence-corrected chi connectivity index (χ0v) is 17.6. The van der Waals surface area contributed by atoms with Crippen LogP contribution in [-0.2, 0) is 16.6 Å². The summed E-state index contributed by atoms with van der Waals surface area (Å²) < 4.78 is 57.5. The molecule has 0 aliphatic carbocycles. The molecule has 0 bridgehead atoms. The lowest BCUT2D eigenvalue weighted by molar-refractivity contribution is 0.354. The number of sulfonamides is 1. The van der Waals surface area contributed by atoms with Gasteiger partial charge in [-0.1, -0.05) is 12.1 Å². The normalized spacial score (nSPS) is 11.1. The Morgan fingerprint density at radius 3 is 2.13 bits per heavy atom. The maximum Gasteiger partial charge on any atom is 0.264 e. The molecule has 0 unspecified atom stereocenters. The minimum atomic E-state index is -4.05. The maximum absolute atomic E-state index is 13.7. The first-order chi connectivity index (χ1) is 14.4. The molecule has 0 N–H and O–H groups in total. The molecule has 0 heterocycles. The number of rotatable bonds is 8. The molecule has 0 aliphatic rings. The van der Waals surface area contributed by atoms with E-state index in [9.17, 15) is 12.8 Å². The van der Waals surface area contributed by atoms with E-state index in [1.807, 2.05) is 0 Å². The fourth-order valence-electron chi connectivity index (χ4n) is 2.96. The fraction of sp³-hybridized carbons (Fsp3) is 0.182. The average Bonchev–Trinajstić information content (AvgIpc) is 2.77. The lowest BCUT2D eigenvalue weighted by Crippen LogP contribution is -2.30. The van der Waals surface area contributed by atoms with E-state index < -0.39 is 15.8 Å². The summed E-state index contributed by atoms with van der Waals surface area (Å²) in [4.78, 5) is -0.140. The SMILES string of the molecule is COc1ccc(N(Cc2ccc(OC)c(OC)c2)S(=O)(=O)c2cccc(F)c2)cc1. The molecule has 0 aromatic heterocycles. The fourth-order valence-corrected chi connectivity index (χ4v) is 4.45. The Labute approximate surface area is 175 Å². The van der Waals surface area contributed by atoms with Gasteiger partial charge >= 0.3 is 0 Å². The third kappa shape index (κ3) is 4.49. The van der Waals surface area contributed by atoms with Gasteiger partial charge < -0.3 is 14.2 Å². The molecule has 0 fully saturated rings. The second kappa shape index (κ2) is 9.04. The van der Waals surface area contributed by atoms with E-state index in [0.717, 1.165) is 6.07 Å². The van der Waals surface area contributed by atoms with E-state index in [0.29, 0.717) is 28.5 Å². The van der Waals surface area contributed by atoms with Crippen molar-refractivity contribution in [2.45, 2.75) is 11.4 Å². The summed E-state index contributed by atoms with van der Waals surface area (Å²) in [7, 11) is 0.508. The van der Waals surface area contributed by atoms with E-state index in [-0.39, 0.29) is 11.4 Å². The molecule has 0 spiro atoms. The maximum atomic E-state index is 13.7. The van der Waals surface area contributed by atoms with E-state index in [4.69, 9.17) is 14.2 Å². The Hall–Kier alpha value is -3.26. The monoisotopic (exact) mass is 431 g/mol. The molecule has 8 heteroatoms. The summed E-state index contributed by atoms with van der Waals surface area (Å²) in [5, 5.41) is 0. The molecule has 0 saturated carbocycles. The van der Waals surface area contributed by atoms with Gasteiger partial charge in [0.15, 0.2) is 11.5 Å². The Morgan fingerprint density at radius 1 is 0.833 bits per heavy atom. The number of benzene rings is 3. The van der Waals surface area contributed by atoms with Crippen LogP contribution in [0, 0.1) is 5.82 Å². The van der Waals surface area contributed by atoms with Gasteiger partial charge in [-0.25, -0.2) is 12.8 Å². The molecule has 0 radical (unpaired) electrons. The first-order valence-electron chi connectivity index (χ1n) is 9.02. The second-order valence-corrected chi connectivity index (χ2v) is 8.22. The Morgan fingerprint density at radius 2 is 1.53 bits per heavy atom. The summed E-state index contributed by atoms with van der Waals surface area (Å²) in [6.45, 7) is 0.00549. The number of methoxy groups -OCH3 is 3. The van der Waals surface area contributed by atoms with Gasteiger partial charge in [0.05, 0.1) is 38.5 Å². The van der Waals surface area contributed by atoms with Gasteiger partial charge in [0, 0.05) is 0 Å². The van der Waals surface area contributed by atoms with Crippen molar-refractivity contribution in [3.05, 3.63) is 78.1 Å². The number of ether oxygens (including phenoxy) is 3. The van der Waals surface area contributed by atoms with Crippen molar-refractivity contribution in [3.8, 4) is 17.2 Å². The van der Waals surface area contributed by atoms with Crippen LogP contribution >= 0.6 is 0 Å². The number of nitrogens with zero attached hydrogens (tertiary/aromatic N) is 1. The van der Waals surface area contributed by atoms with Crippen LogP contribution in [0.3, 0.4) is 0 Å². The predicted octanol–water partition coefficient (Wildman–Crippen LogP) is 4.25. The summed E-state index contributed by atoms with van der Waals surface area (Å²) in [6, 6.07) is 16.7. The highest BCUT2D eigenvalue weighted by atomic mass is 32.2. The molecule has 3 rings (SSSR count). The number of hydrogen-bond acceptors (Lipinski definition) is 5. The first-order valence-corrected chi connectivity index (χ1v) is 10.5. The van der Waals surface area contributed by atoms with Crippen molar-refractivity contribution in [2.24, 2.45) is 0 Å². The Kier molecular flexibility index (Phi) is 6.47. The molecule has 0 saturated heterocycles. The molecule has 3 aromatic carbocycles. The van der Waals surface area contributed by atoms with Gasteiger partial charge in [0.2, 0.25) is 0 Å². The summed E-state index contributed by atoms with van der Waals surface area (Å²) in [5.41, 5.74) is 1.08. The molecule has 6 nitrogen and oxygen atoms in total. The van der Waals surface area contributed by atoms with E-state index >= 15 is 0 Å². The van der Waals surface area contributed by atoms with Crippen LogP contribution in [0.1, 0.15) is 5.56 Å². The largest absolute Gasteiger partial charge is 0.497 e. The molecule has 30 heavy (non-hydrogen) atoms. The molecular formula is C22H22FNO5S. The Balaban J connectivity index is 2.08. The van der Waals surface area contributed by atoms with Crippen LogP contribution in [0.5, 0.6) is 17.2 Å². The van der Waals surface area contributed by atoms with Crippen molar-refractivity contribution in [1.82, 2.24) is 0 Å². The third-order valence-corrected chi connectivity index (χ3v) is 6.29. The van der Waals surface area contributed by atoms with Crippen LogP contribution in [-0.4, -0.2) is 29.7 Å². The van der Waals surface area contributed by atoms with Crippen LogP contribution in [0.2, 0.25) is 0 Å². The minimum Gasteiger partial charge on any atom is -0.497 e. The van der Waals surface area contributed by atoms with Crippen LogP contribution in [0.25, 0.3) is 0 Å². The number of anilines is 1. The van der Waals surface area contributed by atoms with E-state index in [2.05, 4.69) is 0 Å². The number of halogens is 1. The van der Waals surface area contributed by atoms with Crippen molar-refractivity contribution >= 4 is 15.7 Å². The van der Waals surface area contributed by atoms with Gasteiger partial charge in [-0.2, -0.15) is 0 Å². The van der Waals surface area contributed by atoms with Crippen LogP contribution < -0.4 is 18.5 Å². The molecule has 0 atom stereocenters. The zero-order chi connectivity index (χ0) is 21.7. The minimum absolute atomic E-state index is 0.00549. The van der Waals surface area contributed by atoms with Gasteiger partial charge in [-0.3, -0.25) is 4.31 Å². The highest BCUT2D eigenvalue weighted by Gasteiger charge is 2.26. The van der Waals surface area contributed by atoms with Gasteiger partial charge in [0.1, 0.15) is 11.6 Å². The quantitative estimate of drug-likeness (QED) is 0.534. The van der Waals surface area contributed by atoms with Crippen molar-refractivity contribution < 1.29 is 27.0 Å². The average molecular weight is 431 g/mol. The smallest absolute Gasteiger partial charge is 0.264 e. The van der Waals surface area contributed by atoms with Crippen LogP contribution in [0.4, 0.5) is 10.1 Å². The second-order valence-electron chi connectivity index (χ2n) is 6.36. The summed E-state index contributed by atoms with van der Waals surface area (Å²) in [6.07, 6.45) is 0. The summed E-state index contributed by atoms with van der Waals surface area (Å²) >= 11 is 0. The molecule has 3 aromatic rings. The molecule has 158 valence electrons. The Bertz CT molecular complexity index is 1120. The predicted molar refractivity (Wildman–Crippen MR) is 112 cm³/mol. The highest BCUT2D eigenvalue weighted by molar-refractivity contribution is 7.92. The first kappa shape index (κ1) is 21.4. The van der Waals surface area contributed by atoms with Gasteiger partial charge in [0.25, 0.3) is 10.0 Å². The lowest BCUT2D eigenvalue weighted by Gasteiger charge is -2.25. The van der Waals surface area contributed by atoms with Gasteiger partial charge in [-0.15, -0.1) is 0 Å². The van der Waals surface area contributed by atoms with Gasteiger partial charge in [-0.05, 0) is 60.2 Å². The molecule has 0 aliphatic heterocycles.